The number of benzene rings is 2. The molecule has 2 aromatic carbocycles. The van der Waals surface area contributed by atoms with E-state index in [2.05, 4.69) is 5.32 Å². The van der Waals surface area contributed by atoms with Gasteiger partial charge in [0, 0.05) is 25.1 Å². The molecule has 1 N–H and O–H groups in total. The van der Waals surface area contributed by atoms with Crippen LogP contribution in [0.3, 0.4) is 0 Å². The van der Waals surface area contributed by atoms with Gasteiger partial charge in [0.2, 0.25) is 5.91 Å². The number of nitrogens with one attached hydrogen (secondary N) is 1. The summed E-state index contributed by atoms with van der Waals surface area (Å²) in [6, 6.07) is 9.85. The van der Waals surface area contributed by atoms with Gasteiger partial charge in [-0.1, -0.05) is 17.7 Å². The van der Waals surface area contributed by atoms with E-state index < -0.39 is 5.97 Å². The molecule has 1 heterocycles. The fourth-order valence-corrected chi connectivity index (χ4v) is 3.40. The Hall–Kier alpha value is -3.06. The number of nitrogens with zero attached hydrogens (tertiary/aromatic N) is 1. The molecule has 0 unspecified atom stereocenters. The molecule has 0 bridgehead atoms. The van der Waals surface area contributed by atoms with E-state index in [1.807, 2.05) is 0 Å². The first-order valence-electron chi connectivity index (χ1n) is 9.08. The largest absolute Gasteiger partial charge is 0.496 e. The molecule has 3 rings (SSSR count). The third kappa shape index (κ3) is 4.51. The predicted octanol–water partition coefficient (Wildman–Crippen LogP) is 3.19. The number of hydrogen-bond acceptors (Lipinski definition) is 5. The highest BCUT2D eigenvalue weighted by molar-refractivity contribution is 6.34. The van der Waals surface area contributed by atoms with E-state index in [-0.39, 0.29) is 23.9 Å². The minimum Gasteiger partial charge on any atom is -0.496 e. The number of carbonyl (C=O) groups excluding carboxylic acids is 3. The number of carbonyl (C=O) groups is 3. The van der Waals surface area contributed by atoms with Crippen LogP contribution < -0.4 is 15.0 Å². The second-order valence-electron chi connectivity index (χ2n) is 6.52. The van der Waals surface area contributed by atoms with Gasteiger partial charge in [0.05, 0.1) is 24.9 Å². The number of amides is 2. The topological polar surface area (TPSA) is 84.9 Å². The Morgan fingerprint density at radius 2 is 1.97 bits per heavy atom. The number of esters is 1. The number of methoxy groups -OCH3 is 2. The zero-order valence-electron chi connectivity index (χ0n) is 16.2. The molecule has 0 saturated carbocycles. The summed E-state index contributed by atoms with van der Waals surface area (Å²) in [5.74, 6) is -0.444. The lowest BCUT2D eigenvalue weighted by atomic mass is 10.1. The van der Waals surface area contributed by atoms with Crippen molar-refractivity contribution in [3.8, 4) is 5.75 Å². The maximum atomic E-state index is 12.6. The number of hydrogen-bond donors (Lipinski definition) is 1. The molecule has 0 spiro atoms. The zero-order valence-corrected chi connectivity index (χ0v) is 16.9. The molecule has 1 saturated heterocycles. The first kappa shape index (κ1) is 20.7. The Morgan fingerprint density at radius 1 is 1.17 bits per heavy atom. The van der Waals surface area contributed by atoms with Gasteiger partial charge >= 0.3 is 5.97 Å². The molecular formula is C21H21ClN2O5. The highest BCUT2D eigenvalue weighted by Gasteiger charge is 2.24. The van der Waals surface area contributed by atoms with Crippen LogP contribution in [-0.4, -0.2) is 38.5 Å². The second-order valence-corrected chi connectivity index (χ2v) is 6.93. The van der Waals surface area contributed by atoms with E-state index in [4.69, 9.17) is 21.1 Å². The molecule has 2 aromatic rings. The van der Waals surface area contributed by atoms with Crippen LogP contribution >= 0.6 is 11.6 Å². The summed E-state index contributed by atoms with van der Waals surface area (Å²) in [4.78, 5) is 38.1. The standard InChI is InChI=1S/C21H21ClN2O5/c1-28-18-8-5-13(10-15(18)21(27)29-2)12-23-20(26)14-6-7-16(22)17(11-14)24-9-3-4-19(24)25/h5-8,10-11H,3-4,9,12H2,1-2H3,(H,23,26). The van der Waals surface area contributed by atoms with Crippen LogP contribution in [0.1, 0.15) is 39.1 Å². The Balaban J connectivity index is 1.74. The summed E-state index contributed by atoms with van der Waals surface area (Å²) < 4.78 is 9.93. The van der Waals surface area contributed by atoms with Crippen LogP contribution in [0.15, 0.2) is 36.4 Å². The fourth-order valence-electron chi connectivity index (χ4n) is 3.18. The lowest BCUT2D eigenvalue weighted by Crippen LogP contribution is -2.26. The summed E-state index contributed by atoms with van der Waals surface area (Å²) in [7, 11) is 2.76. The van der Waals surface area contributed by atoms with Crippen molar-refractivity contribution in [1.82, 2.24) is 5.32 Å². The Labute approximate surface area is 173 Å². The van der Waals surface area contributed by atoms with Gasteiger partial charge in [-0.3, -0.25) is 9.59 Å². The van der Waals surface area contributed by atoms with E-state index >= 15 is 0 Å². The van der Waals surface area contributed by atoms with Crippen molar-refractivity contribution in [3.05, 3.63) is 58.1 Å². The average molecular weight is 417 g/mol. The van der Waals surface area contributed by atoms with Crippen LogP contribution in [0.2, 0.25) is 5.02 Å². The lowest BCUT2D eigenvalue weighted by molar-refractivity contribution is -0.117. The number of anilines is 1. The van der Waals surface area contributed by atoms with Crippen molar-refractivity contribution in [3.63, 3.8) is 0 Å². The number of rotatable bonds is 6. The minimum atomic E-state index is -0.521. The van der Waals surface area contributed by atoms with E-state index in [1.54, 1.807) is 41.3 Å². The molecule has 0 radical (unpaired) electrons. The second kappa shape index (κ2) is 8.96. The maximum absolute atomic E-state index is 12.6. The molecule has 1 aliphatic heterocycles. The van der Waals surface area contributed by atoms with Crippen molar-refractivity contribution < 1.29 is 23.9 Å². The first-order valence-corrected chi connectivity index (χ1v) is 9.45. The predicted molar refractivity (Wildman–Crippen MR) is 109 cm³/mol. The van der Waals surface area contributed by atoms with Crippen LogP contribution in [0.25, 0.3) is 0 Å². The summed E-state index contributed by atoms with van der Waals surface area (Å²) in [5, 5.41) is 3.23. The molecule has 0 aromatic heterocycles. The molecule has 0 atom stereocenters. The normalized spacial score (nSPS) is 13.3. The molecule has 1 fully saturated rings. The van der Waals surface area contributed by atoms with E-state index in [9.17, 15) is 14.4 Å². The van der Waals surface area contributed by atoms with Gasteiger partial charge < -0.3 is 19.7 Å². The molecule has 29 heavy (non-hydrogen) atoms. The van der Waals surface area contributed by atoms with E-state index in [1.165, 1.54) is 14.2 Å². The van der Waals surface area contributed by atoms with Crippen molar-refractivity contribution in [1.29, 1.82) is 0 Å². The van der Waals surface area contributed by atoms with Gasteiger partial charge in [0.25, 0.3) is 5.91 Å². The number of ether oxygens (including phenoxy) is 2. The average Bonchev–Trinajstić information content (AvgIpc) is 3.17. The van der Waals surface area contributed by atoms with Gasteiger partial charge in [-0.2, -0.15) is 0 Å². The summed E-state index contributed by atoms with van der Waals surface area (Å²) in [6.45, 7) is 0.791. The molecule has 7 nitrogen and oxygen atoms in total. The molecule has 8 heteroatoms. The van der Waals surface area contributed by atoms with Crippen molar-refractivity contribution in [2.75, 3.05) is 25.7 Å². The summed E-state index contributed by atoms with van der Waals surface area (Å²) in [5.41, 5.74) is 1.93. The quantitative estimate of drug-likeness (QED) is 0.731. The SMILES string of the molecule is COC(=O)c1cc(CNC(=O)c2ccc(Cl)c(N3CCCC3=O)c2)ccc1OC. The van der Waals surface area contributed by atoms with Crippen LogP contribution in [-0.2, 0) is 16.1 Å². The minimum absolute atomic E-state index is 0.00182. The zero-order chi connectivity index (χ0) is 21.0. The summed E-state index contributed by atoms with van der Waals surface area (Å²) in [6.07, 6.45) is 1.25. The van der Waals surface area contributed by atoms with Crippen LogP contribution in [0.4, 0.5) is 5.69 Å². The van der Waals surface area contributed by atoms with Gasteiger partial charge in [-0.05, 0) is 42.3 Å². The van der Waals surface area contributed by atoms with E-state index in [0.717, 1.165) is 6.42 Å². The highest BCUT2D eigenvalue weighted by Crippen LogP contribution is 2.30. The third-order valence-corrected chi connectivity index (χ3v) is 5.01. The molecule has 152 valence electrons. The van der Waals surface area contributed by atoms with Crippen LogP contribution in [0, 0.1) is 0 Å². The van der Waals surface area contributed by atoms with Gasteiger partial charge in [0.1, 0.15) is 11.3 Å². The Morgan fingerprint density at radius 3 is 2.62 bits per heavy atom. The molecule has 0 aliphatic carbocycles. The van der Waals surface area contributed by atoms with Gasteiger partial charge in [-0.25, -0.2) is 4.79 Å². The van der Waals surface area contributed by atoms with E-state index in [0.29, 0.717) is 40.6 Å². The van der Waals surface area contributed by atoms with Crippen molar-refractivity contribution >= 4 is 35.1 Å². The Kier molecular flexibility index (Phi) is 6.39. The van der Waals surface area contributed by atoms with Crippen LogP contribution in [0.5, 0.6) is 5.75 Å². The first-order chi connectivity index (χ1) is 13.9. The smallest absolute Gasteiger partial charge is 0.341 e. The molecular weight excluding hydrogens is 396 g/mol. The van der Waals surface area contributed by atoms with Crippen molar-refractivity contribution in [2.24, 2.45) is 0 Å². The Bertz CT molecular complexity index is 960. The lowest BCUT2D eigenvalue weighted by Gasteiger charge is -2.18. The molecule has 1 aliphatic rings. The van der Waals surface area contributed by atoms with Crippen molar-refractivity contribution in [2.45, 2.75) is 19.4 Å². The van der Waals surface area contributed by atoms with Gasteiger partial charge in [-0.15, -0.1) is 0 Å². The fraction of sp³-hybridized carbons (Fsp3) is 0.286. The third-order valence-electron chi connectivity index (χ3n) is 4.69. The maximum Gasteiger partial charge on any atom is 0.341 e. The molecule has 2 amide bonds. The summed E-state index contributed by atoms with van der Waals surface area (Å²) >= 11 is 6.23. The monoisotopic (exact) mass is 416 g/mol. The van der Waals surface area contributed by atoms with Gasteiger partial charge in [0.15, 0.2) is 0 Å². The number of halogens is 1. The highest BCUT2D eigenvalue weighted by atomic mass is 35.5.